The van der Waals surface area contributed by atoms with Crippen LogP contribution in [0.2, 0.25) is 0 Å². The predicted octanol–water partition coefficient (Wildman–Crippen LogP) is 2.31. The van der Waals surface area contributed by atoms with Gasteiger partial charge in [-0.05, 0) is 29.7 Å². The summed E-state index contributed by atoms with van der Waals surface area (Å²) in [5, 5.41) is 2.79. The van der Waals surface area contributed by atoms with Crippen molar-refractivity contribution in [3.63, 3.8) is 0 Å². The Morgan fingerprint density at radius 1 is 1.24 bits per heavy atom. The van der Waals surface area contributed by atoms with Crippen molar-refractivity contribution >= 4 is 5.91 Å². The van der Waals surface area contributed by atoms with E-state index in [0.717, 1.165) is 11.3 Å². The first-order valence-electron chi connectivity index (χ1n) is 9.45. The third-order valence-corrected chi connectivity index (χ3v) is 4.59. The molecular weight excluding hydrogens is 371 g/mol. The van der Waals surface area contributed by atoms with E-state index in [-0.39, 0.29) is 11.7 Å². The highest BCUT2D eigenvalue weighted by atomic mass is 19.1. The number of nitrogens with zero attached hydrogens (tertiary/aromatic N) is 2. The van der Waals surface area contributed by atoms with E-state index in [1.165, 1.54) is 18.7 Å². The van der Waals surface area contributed by atoms with E-state index in [4.69, 9.17) is 10.5 Å². The Morgan fingerprint density at radius 2 is 2.03 bits per heavy atom. The second-order valence-electron chi connectivity index (χ2n) is 6.84. The van der Waals surface area contributed by atoms with Crippen molar-refractivity contribution in [3.05, 3.63) is 83.7 Å². The first-order valence-corrected chi connectivity index (χ1v) is 9.45. The lowest BCUT2D eigenvalue weighted by atomic mass is 10.1. The summed E-state index contributed by atoms with van der Waals surface area (Å²) in [6, 6.07) is 14.1. The summed E-state index contributed by atoms with van der Waals surface area (Å²) in [6.45, 7) is 1.09. The number of nitrogens with one attached hydrogen (secondary N) is 1. The van der Waals surface area contributed by atoms with Crippen LogP contribution in [0.25, 0.3) is 0 Å². The topological polar surface area (TPSA) is 82.2 Å². The minimum Gasteiger partial charge on any atom is -0.494 e. The summed E-state index contributed by atoms with van der Waals surface area (Å²) in [5.74, 6) is -0.470. The van der Waals surface area contributed by atoms with Gasteiger partial charge in [0, 0.05) is 25.7 Å². The summed E-state index contributed by atoms with van der Waals surface area (Å²) in [4.78, 5) is 16.6. The number of benzene rings is 2. The van der Waals surface area contributed by atoms with Crippen molar-refractivity contribution in [1.29, 1.82) is 0 Å². The van der Waals surface area contributed by atoms with Crippen LogP contribution >= 0.6 is 0 Å². The van der Waals surface area contributed by atoms with Gasteiger partial charge < -0.3 is 20.4 Å². The molecule has 0 saturated heterocycles. The van der Waals surface area contributed by atoms with Gasteiger partial charge in [0.15, 0.2) is 11.6 Å². The standard InChI is InChI=1S/C22H25FN4O2/c1-29-21-8-7-16(11-19(21)23)9-10-25-22(28)20(24)12-18-14-27(15-26-18)13-17-5-3-2-4-6-17/h2-8,11,14-15,20H,9-10,12-13,24H2,1H3,(H,25,28)/t20-/m0/s1. The lowest BCUT2D eigenvalue weighted by Gasteiger charge is -2.11. The second kappa shape index (κ2) is 9.84. The monoisotopic (exact) mass is 396 g/mol. The third kappa shape index (κ3) is 5.89. The Kier molecular flexibility index (Phi) is 6.97. The minimum absolute atomic E-state index is 0.200. The molecule has 6 nitrogen and oxygen atoms in total. The average Bonchev–Trinajstić information content (AvgIpc) is 3.15. The first-order chi connectivity index (χ1) is 14.0. The van der Waals surface area contributed by atoms with Crippen LogP contribution in [0.15, 0.2) is 61.1 Å². The van der Waals surface area contributed by atoms with Gasteiger partial charge >= 0.3 is 0 Å². The van der Waals surface area contributed by atoms with Crippen LogP contribution in [0.5, 0.6) is 5.75 Å². The molecule has 1 amide bonds. The molecule has 0 bridgehead atoms. The van der Waals surface area contributed by atoms with E-state index in [1.807, 2.05) is 41.1 Å². The van der Waals surface area contributed by atoms with Crippen molar-refractivity contribution in [2.45, 2.75) is 25.4 Å². The van der Waals surface area contributed by atoms with Crippen LogP contribution in [0.4, 0.5) is 4.39 Å². The summed E-state index contributed by atoms with van der Waals surface area (Å²) in [5.41, 5.74) is 8.73. The smallest absolute Gasteiger partial charge is 0.237 e. The zero-order valence-electron chi connectivity index (χ0n) is 16.3. The number of aromatic nitrogens is 2. The molecule has 0 aliphatic carbocycles. The van der Waals surface area contributed by atoms with Crippen LogP contribution in [0, 0.1) is 5.82 Å². The lowest BCUT2D eigenvalue weighted by molar-refractivity contribution is -0.122. The molecule has 2 aromatic carbocycles. The third-order valence-electron chi connectivity index (χ3n) is 4.59. The number of nitrogens with two attached hydrogens (primary N) is 1. The average molecular weight is 396 g/mol. The molecule has 3 aromatic rings. The number of amides is 1. The molecule has 0 saturated carbocycles. The Hall–Kier alpha value is -3.19. The van der Waals surface area contributed by atoms with E-state index in [9.17, 15) is 9.18 Å². The molecule has 0 unspecified atom stereocenters. The van der Waals surface area contributed by atoms with Crippen molar-refractivity contribution in [2.24, 2.45) is 5.73 Å². The second-order valence-corrected chi connectivity index (χ2v) is 6.84. The molecule has 152 valence electrons. The number of hydrogen-bond donors (Lipinski definition) is 2. The molecule has 1 heterocycles. The van der Waals surface area contributed by atoms with E-state index in [0.29, 0.717) is 25.9 Å². The highest BCUT2D eigenvalue weighted by Gasteiger charge is 2.15. The maximum Gasteiger partial charge on any atom is 0.237 e. The van der Waals surface area contributed by atoms with Crippen molar-refractivity contribution in [2.75, 3.05) is 13.7 Å². The Morgan fingerprint density at radius 3 is 2.76 bits per heavy atom. The van der Waals surface area contributed by atoms with Gasteiger partial charge in [-0.1, -0.05) is 36.4 Å². The zero-order chi connectivity index (χ0) is 20.6. The normalized spacial score (nSPS) is 11.8. The molecular formula is C22H25FN4O2. The maximum atomic E-state index is 13.7. The predicted molar refractivity (Wildman–Crippen MR) is 109 cm³/mol. The number of carbonyl (C=O) groups excluding carboxylic acids is 1. The zero-order valence-corrected chi connectivity index (χ0v) is 16.3. The van der Waals surface area contributed by atoms with Crippen LogP contribution in [-0.4, -0.2) is 35.2 Å². The summed E-state index contributed by atoms with van der Waals surface area (Å²) < 4.78 is 20.6. The minimum atomic E-state index is -0.692. The van der Waals surface area contributed by atoms with Crippen molar-refractivity contribution in [1.82, 2.24) is 14.9 Å². The number of imidazole rings is 1. The molecule has 7 heteroatoms. The summed E-state index contributed by atoms with van der Waals surface area (Å²) in [7, 11) is 1.42. The quantitative estimate of drug-likeness (QED) is 0.582. The summed E-state index contributed by atoms with van der Waals surface area (Å²) >= 11 is 0. The molecule has 0 aliphatic rings. The van der Waals surface area contributed by atoms with E-state index < -0.39 is 11.9 Å². The number of halogens is 1. The van der Waals surface area contributed by atoms with Gasteiger partial charge in [-0.3, -0.25) is 4.79 Å². The largest absolute Gasteiger partial charge is 0.494 e. The fourth-order valence-corrected chi connectivity index (χ4v) is 3.04. The van der Waals surface area contributed by atoms with Crippen molar-refractivity contribution in [3.8, 4) is 5.75 Å². The number of hydrogen-bond acceptors (Lipinski definition) is 4. The summed E-state index contributed by atoms with van der Waals surface area (Å²) in [6.07, 6.45) is 4.50. The van der Waals surface area contributed by atoms with Gasteiger partial charge in [0.1, 0.15) is 0 Å². The molecule has 3 N–H and O–H groups in total. The number of carbonyl (C=O) groups is 1. The van der Waals surface area contributed by atoms with Gasteiger partial charge in [0.25, 0.3) is 0 Å². The molecule has 0 spiro atoms. The number of rotatable bonds is 9. The SMILES string of the molecule is COc1ccc(CCNC(=O)[C@@H](N)Cc2cn(Cc3ccccc3)cn2)cc1F. The molecule has 1 atom stereocenters. The van der Waals surface area contributed by atoms with Gasteiger partial charge in [0.05, 0.1) is 25.2 Å². The van der Waals surface area contributed by atoms with Gasteiger partial charge in [0.2, 0.25) is 5.91 Å². The highest BCUT2D eigenvalue weighted by molar-refractivity contribution is 5.81. The lowest BCUT2D eigenvalue weighted by Crippen LogP contribution is -2.42. The van der Waals surface area contributed by atoms with E-state index in [2.05, 4.69) is 10.3 Å². The molecule has 3 rings (SSSR count). The Labute approximate surface area is 169 Å². The maximum absolute atomic E-state index is 13.7. The van der Waals surface area contributed by atoms with Gasteiger partial charge in [-0.2, -0.15) is 0 Å². The van der Waals surface area contributed by atoms with E-state index >= 15 is 0 Å². The fourth-order valence-electron chi connectivity index (χ4n) is 3.04. The number of ether oxygens (including phenoxy) is 1. The van der Waals surface area contributed by atoms with Crippen LogP contribution < -0.4 is 15.8 Å². The molecule has 0 fully saturated rings. The molecule has 1 aromatic heterocycles. The highest BCUT2D eigenvalue weighted by Crippen LogP contribution is 2.17. The van der Waals surface area contributed by atoms with Gasteiger partial charge in [-0.15, -0.1) is 0 Å². The molecule has 0 aliphatic heterocycles. The first kappa shape index (κ1) is 20.5. The Bertz CT molecular complexity index is 943. The van der Waals surface area contributed by atoms with Gasteiger partial charge in [-0.25, -0.2) is 9.37 Å². The van der Waals surface area contributed by atoms with Crippen LogP contribution in [0.3, 0.4) is 0 Å². The van der Waals surface area contributed by atoms with Crippen molar-refractivity contribution < 1.29 is 13.9 Å². The Balaban J connectivity index is 1.45. The molecule has 0 radical (unpaired) electrons. The molecule has 29 heavy (non-hydrogen) atoms. The van der Waals surface area contributed by atoms with Crippen LogP contribution in [0.1, 0.15) is 16.8 Å². The number of methoxy groups -OCH3 is 1. The fraction of sp³-hybridized carbons (Fsp3) is 0.273. The van der Waals surface area contributed by atoms with Crippen LogP contribution in [-0.2, 0) is 24.2 Å². The van der Waals surface area contributed by atoms with E-state index in [1.54, 1.807) is 18.5 Å².